The summed E-state index contributed by atoms with van der Waals surface area (Å²) in [4.78, 5) is 13.3. The normalized spacial score (nSPS) is 16.1. The first-order valence-corrected chi connectivity index (χ1v) is 6.41. The number of carbonyl (C=O) groups excluding carboxylic acids is 1. The summed E-state index contributed by atoms with van der Waals surface area (Å²) in [6, 6.07) is 7.87. The van der Waals surface area contributed by atoms with Gasteiger partial charge in [-0.2, -0.15) is 5.26 Å². The monoisotopic (exact) mass is 258 g/mol. The van der Waals surface area contributed by atoms with E-state index in [1.54, 1.807) is 0 Å². The summed E-state index contributed by atoms with van der Waals surface area (Å²) >= 11 is 0. The van der Waals surface area contributed by atoms with Gasteiger partial charge in [-0.25, -0.2) is 0 Å². The summed E-state index contributed by atoms with van der Waals surface area (Å²) in [5, 5.41) is 8.77. The highest BCUT2D eigenvalue weighted by Gasteiger charge is 2.23. The van der Waals surface area contributed by atoms with Crippen LogP contribution in [0.5, 0.6) is 0 Å². The molecule has 19 heavy (non-hydrogen) atoms. The van der Waals surface area contributed by atoms with Crippen LogP contribution in [0.25, 0.3) is 0 Å². The molecule has 1 fully saturated rings. The second-order valence-corrected chi connectivity index (χ2v) is 4.88. The number of nitrogens with zero attached hydrogens (tertiary/aromatic N) is 2. The lowest BCUT2D eigenvalue weighted by Crippen LogP contribution is -2.38. The minimum Gasteiger partial charge on any atom is -0.398 e. The molecule has 1 aromatic rings. The zero-order valence-corrected chi connectivity index (χ0v) is 10.8. The van der Waals surface area contributed by atoms with E-state index in [-0.39, 0.29) is 11.8 Å². The molecule has 100 valence electrons. The SMILES string of the molecule is N#CCc1cc(N2CCC(C(N)=O)CC2)ccc1N. The number of carbonyl (C=O) groups is 1. The lowest BCUT2D eigenvalue weighted by atomic mass is 9.95. The van der Waals surface area contributed by atoms with E-state index in [0.717, 1.165) is 37.2 Å². The zero-order chi connectivity index (χ0) is 13.8. The first kappa shape index (κ1) is 13.2. The van der Waals surface area contributed by atoms with Crippen LogP contribution in [0.1, 0.15) is 18.4 Å². The van der Waals surface area contributed by atoms with Gasteiger partial charge in [-0.1, -0.05) is 0 Å². The second kappa shape index (κ2) is 5.61. The van der Waals surface area contributed by atoms with Gasteiger partial charge in [0.05, 0.1) is 12.5 Å². The van der Waals surface area contributed by atoms with Gasteiger partial charge in [0, 0.05) is 30.4 Å². The minimum absolute atomic E-state index is 0.0105. The second-order valence-electron chi connectivity index (χ2n) is 4.88. The number of hydrogen-bond donors (Lipinski definition) is 2. The van der Waals surface area contributed by atoms with E-state index in [1.165, 1.54) is 0 Å². The van der Waals surface area contributed by atoms with Gasteiger partial charge in [-0.3, -0.25) is 4.79 Å². The van der Waals surface area contributed by atoms with Crippen molar-refractivity contribution >= 4 is 17.3 Å². The molecule has 0 bridgehead atoms. The molecule has 0 aliphatic carbocycles. The van der Waals surface area contributed by atoms with Crippen LogP contribution in [0.4, 0.5) is 11.4 Å². The third-order valence-corrected chi connectivity index (χ3v) is 3.66. The number of nitriles is 1. The van der Waals surface area contributed by atoms with Crippen LogP contribution in [-0.4, -0.2) is 19.0 Å². The standard InChI is InChI=1S/C14H18N4O/c15-6-3-11-9-12(1-2-13(11)16)18-7-4-10(5-8-18)14(17)19/h1-2,9-10H,3-5,7-8,16H2,(H2,17,19). The van der Waals surface area contributed by atoms with E-state index < -0.39 is 0 Å². The predicted molar refractivity (Wildman–Crippen MR) is 74.3 cm³/mol. The Morgan fingerprint density at radius 2 is 2.11 bits per heavy atom. The quantitative estimate of drug-likeness (QED) is 0.791. The summed E-state index contributed by atoms with van der Waals surface area (Å²) in [6.07, 6.45) is 1.89. The van der Waals surface area contributed by atoms with Crippen molar-refractivity contribution in [1.82, 2.24) is 0 Å². The number of rotatable bonds is 3. The highest BCUT2D eigenvalue weighted by atomic mass is 16.1. The van der Waals surface area contributed by atoms with E-state index in [9.17, 15) is 4.79 Å². The summed E-state index contributed by atoms with van der Waals surface area (Å²) in [5.74, 6) is -0.217. The number of piperidine rings is 1. The number of nitrogen functional groups attached to an aromatic ring is 1. The average molecular weight is 258 g/mol. The lowest BCUT2D eigenvalue weighted by molar-refractivity contribution is -0.122. The van der Waals surface area contributed by atoms with Crippen molar-refractivity contribution in [3.8, 4) is 6.07 Å². The average Bonchev–Trinajstić information content (AvgIpc) is 2.41. The fraction of sp³-hybridized carbons (Fsp3) is 0.429. The van der Waals surface area contributed by atoms with E-state index in [0.29, 0.717) is 12.1 Å². The lowest BCUT2D eigenvalue weighted by Gasteiger charge is -2.32. The molecule has 1 heterocycles. The van der Waals surface area contributed by atoms with Gasteiger partial charge < -0.3 is 16.4 Å². The third kappa shape index (κ3) is 2.97. The number of nitrogens with two attached hydrogens (primary N) is 2. The number of anilines is 2. The molecule has 5 nitrogen and oxygen atoms in total. The van der Waals surface area contributed by atoms with Crippen molar-refractivity contribution in [3.63, 3.8) is 0 Å². The molecule has 1 aliphatic heterocycles. The molecule has 1 saturated heterocycles. The summed E-state index contributed by atoms with van der Waals surface area (Å²) in [6.45, 7) is 1.62. The van der Waals surface area contributed by atoms with E-state index in [4.69, 9.17) is 16.7 Å². The predicted octanol–water partition coefficient (Wildman–Crippen LogP) is 1.04. The number of primary amides is 1. The van der Waals surface area contributed by atoms with Crippen molar-refractivity contribution in [2.24, 2.45) is 11.7 Å². The molecular formula is C14H18N4O. The van der Waals surface area contributed by atoms with Crippen molar-refractivity contribution < 1.29 is 4.79 Å². The van der Waals surface area contributed by atoms with Crippen LogP contribution in [0.2, 0.25) is 0 Å². The maximum Gasteiger partial charge on any atom is 0.220 e. The Labute approximate surface area is 112 Å². The topological polar surface area (TPSA) is 96.1 Å². The van der Waals surface area contributed by atoms with Gasteiger partial charge in [0.15, 0.2) is 0 Å². The Kier molecular flexibility index (Phi) is 3.91. The van der Waals surface area contributed by atoms with Crippen LogP contribution in [-0.2, 0) is 11.2 Å². The largest absolute Gasteiger partial charge is 0.398 e. The van der Waals surface area contributed by atoms with Gasteiger partial charge in [-0.05, 0) is 36.6 Å². The Bertz CT molecular complexity index is 513. The summed E-state index contributed by atoms with van der Waals surface area (Å²) in [5.41, 5.74) is 13.7. The molecule has 0 atom stereocenters. The number of hydrogen-bond acceptors (Lipinski definition) is 4. The van der Waals surface area contributed by atoms with E-state index in [1.807, 2.05) is 18.2 Å². The highest BCUT2D eigenvalue weighted by Crippen LogP contribution is 2.26. The van der Waals surface area contributed by atoms with Crippen molar-refractivity contribution in [1.29, 1.82) is 5.26 Å². The molecule has 0 aromatic heterocycles. The molecule has 5 heteroatoms. The maximum absolute atomic E-state index is 11.1. The minimum atomic E-state index is -0.206. The first-order chi connectivity index (χ1) is 9.11. The molecule has 1 amide bonds. The van der Waals surface area contributed by atoms with Crippen LogP contribution >= 0.6 is 0 Å². The van der Waals surface area contributed by atoms with Crippen LogP contribution in [0, 0.1) is 17.2 Å². The van der Waals surface area contributed by atoms with E-state index >= 15 is 0 Å². The molecule has 0 unspecified atom stereocenters. The molecule has 1 aliphatic rings. The Hall–Kier alpha value is -2.22. The van der Waals surface area contributed by atoms with Crippen LogP contribution in [0.3, 0.4) is 0 Å². The number of benzene rings is 1. The molecule has 0 radical (unpaired) electrons. The molecular weight excluding hydrogens is 240 g/mol. The first-order valence-electron chi connectivity index (χ1n) is 6.41. The number of amides is 1. The third-order valence-electron chi connectivity index (χ3n) is 3.66. The van der Waals surface area contributed by atoms with Crippen molar-refractivity contribution in [2.75, 3.05) is 23.7 Å². The molecule has 1 aromatic carbocycles. The fourth-order valence-electron chi connectivity index (χ4n) is 2.45. The zero-order valence-electron chi connectivity index (χ0n) is 10.8. The van der Waals surface area contributed by atoms with Crippen molar-refractivity contribution in [2.45, 2.75) is 19.3 Å². The smallest absolute Gasteiger partial charge is 0.220 e. The van der Waals surface area contributed by atoms with Crippen LogP contribution in [0.15, 0.2) is 18.2 Å². The van der Waals surface area contributed by atoms with Gasteiger partial charge in [-0.15, -0.1) is 0 Å². The van der Waals surface area contributed by atoms with E-state index in [2.05, 4.69) is 11.0 Å². The Morgan fingerprint density at radius 1 is 1.42 bits per heavy atom. The highest BCUT2D eigenvalue weighted by molar-refractivity contribution is 5.77. The molecule has 2 rings (SSSR count). The van der Waals surface area contributed by atoms with Crippen LogP contribution < -0.4 is 16.4 Å². The van der Waals surface area contributed by atoms with Crippen molar-refractivity contribution in [3.05, 3.63) is 23.8 Å². The Balaban J connectivity index is 2.09. The summed E-state index contributed by atoms with van der Waals surface area (Å²) < 4.78 is 0. The van der Waals surface area contributed by atoms with Gasteiger partial charge in [0.25, 0.3) is 0 Å². The summed E-state index contributed by atoms with van der Waals surface area (Å²) in [7, 11) is 0. The maximum atomic E-state index is 11.1. The molecule has 0 saturated carbocycles. The molecule has 0 spiro atoms. The van der Waals surface area contributed by atoms with Gasteiger partial charge in [0.1, 0.15) is 0 Å². The fourth-order valence-corrected chi connectivity index (χ4v) is 2.45. The Morgan fingerprint density at radius 3 is 2.68 bits per heavy atom. The van der Waals surface area contributed by atoms with Gasteiger partial charge >= 0.3 is 0 Å². The molecule has 4 N–H and O–H groups in total. The van der Waals surface area contributed by atoms with Gasteiger partial charge in [0.2, 0.25) is 5.91 Å².